The summed E-state index contributed by atoms with van der Waals surface area (Å²) in [5.41, 5.74) is 0.921. The van der Waals surface area contributed by atoms with E-state index in [-0.39, 0.29) is 18.1 Å². The van der Waals surface area contributed by atoms with E-state index in [9.17, 15) is 19.2 Å². The summed E-state index contributed by atoms with van der Waals surface area (Å²) >= 11 is 5.74. The van der Waals surface area contributed by atoms with Crippen LogP contribution in [-0.2, 0) is 27.3 Å². The molecule has 2 aromatic heterocycles. The summed E-state index contributed by atoms with van der Waals surface area (Å²) < 4.78 is 5.66. The average Bonchev–Trinajstić information content (AvgIpc) is 3.20. The molecule has 0 spiro atoms. The molecule has 0 saturated carbocycles. The summed E-state index contributed by atoms with van der Waals surface area (Å²) in [5, 5.41) is 7.63. The highest BCUT2D eigenvalue weighted by Crippen LogP contribution is 2.22. The van der Waals surface area contributed by atoms with Gasteiger partial charge in [-0.05, 0) is 25.2 Å². The number of likely N-dealkylation sites (N-methyl/N-ethyl adjacent to an activating group) is 2. The highest BCUT2D eigenvalue weighted by atomic mass is 35.5. The Morgan fingerprint density at radius 3 is 2.67 bits per heavy atom. The number of halogens is 1. The topological polar surface area (TPSA) is 137 Å². The van der Waals surface area contributed by atoms with Crippen LogP contribution in [0.4, 0.5) is 5.82 Å². The van der Waals surface area contributed by atoms with E-state index < -0.39 is 29.7 Å². The number of hydrogen-bond donors (Lipinski definition) is 3. The van der Waals surface area contributed by atoms with Crippen molar-refractivity contribution in [3.8, 4) is 0 Å². The first-order chi connectivity index (χ1) is 15.6. The third-order valence-electron chi connectivity index (χ3n) is 4.97. The van der Waals surface area contributed by atoms with Crippen LogP contribution in [0.15, 0.2) is 28.8 Å². The van der Waals surface area contributed by atoms with Gasteiger partial charge in [0.25, 0.3) is 5.91 Å². The lowest BCUT2D eigenvalue weighted by atomic mass is 10.1. The highest BCUT2D eigenvalue weighted by molar-refractivity contribution is 6.39. The van der Waals surface area contributed by atoms with E-state index in [1.54, 1.807) is 6.07 Å². The van der Waals surface area contributed by atoms with E-state index in [1.165, 1.54) is 37.3 Å². The van der Waals surface area contributed by atoms with Crippen LogP contribution in [0.25, 0.3) is 0 Å². The Morgan fingerprint density at radius 1 is 1.24 bits per heavy atom. The first kappa shape index (κ1) is 24.2. The first-order valence-corrected chi connectivity index (χ1v) is 10.5. The zero-order valence-electron chi connectivity index (χ0n) is 18.5. The first-order valence-electron chi connectivity index (χ1n) is 10.2. The molecule has 1 unspecified atom stereocenters. The van der Waals surface area contributed by atoms with Gasteiger partial charge in [-0.3, -0.25) is 19.2 Å². The minimum absolute atomic E-state index is 0.0877. The van der Waals surface area contributed by atoms with Gasteiger partial charge >= 0.3 is 11.8 Å². The monoisotopic (exact) mass is 476 g/mol. The number of pyridine rings is 1. The number of nitrogens with one attached hydrogen (secondary N) is 3. The SMILES string of the molecule is CN1CCc2oc(C(=O)NC(CNC(=O)C(=O)Nc3ccc(Cl)cn3)C(=O)N(C)C)cc2C1. The maximum atomic E-state index is 12.7. The van der Waals surface area contributed by atoms with Crippen LogP contribution in [-0.4, -0.2) is 78.7 Å². The summed E-state index contributed by atoms with van der Waals surface area (Å²) in [7, 11) is 5.01. The molecule has 0 aromatic carbocycles. The van der Waals surface area contributed by atoms with Crippen molar-refractivity contribution < 1.29 is 23.6 Å². The number of anilines is 1. The molecule has 1 aliphatic rings. The molecule has 3 N–H and O–H groups in total. The minimum atomic E-state index is -1.11. The Bertz CT molecular complexity index is 1050. The second kappa shape index (κ2) is 10.5. The molecule has 3 rings (SSSR count). The number of amides is 4. The molecule has 2 aromatic rings. The molecule has 4 amide bonds. The Balaban J connectivity index is 1.62. The van der Waals surface area contributed by atoms with E-state index in [0.717, 1.165) is 17.9 Å². The van der Waals surface area contributed by atoms with Crippen LogP contribution in [0.2, 0.25) is 5.02 Å². The highest BCUT2D eigenvalue weighted by Gasteiger charge is 2.28. The van der Waals surface area contributed by atoms with Crippen LogP contribution in [0.5, 0.6) is 0 Å². The molecule has 176 valence electrons. The molecule has 0 radical (unpaired) electrons. The predicted molar refractivity (Wildman–Crippen MR) is 120 cm³/mol. The average molecular weight is 477 g/mol. The maximum absolute atomic E-state index is 12.7. The lowest BCUT2D eigenvalue weighted by Gasteiger charge is -2.21. The molecule has 33 heavy (non-hydrogen) atoms. The maximum Gasteiger partial charge on any atom is 0.314 e. The molecule has 3 heterocycles. The van der Waals surface area contributed by atoms with Crippen molar-refractivity contribution in [2.45, 2.75) is 19.0 Å². The third kappa shape index (κ3) is 6.30. The van der Waals surface area contributed by atoms with Crippen LogP contribution >= 0.6 is 11.6 Å². The molecule has 11 nitrogen and oxygen atoms in total. The fourth-order valence-corrected chi connectivity index (χ4v) is 3.34. The second-order valence-electron chi connectivity index (χ2n) is 7.83. The van der Waals surface area contributed by atoms with Gasteiger partial charge < -0.3 is 30.2 Å². The van der Waals surface area contributed by atoms with Gasteiger partial charge in [-0.2, -0.15) is 0 Å². The molecule has 0 fully saturated rings. The molecule has 12 heteroatoms. The van der Waals surface area contributed by atoms with E-state index in [0.29, 0.717) is 18.0 Å². The number of carbonyl (C=O) groups is 4. The minimum Gasteiger partial charge on any atom is -0.456 e. The van der Waals surface area contributed by atoms with Gasteiger partial charge in [0.05, 0.1) is 5.02 Å². The van der Waals surface area contributed by atoms with Crippen molar-refractivity contribution in [2.24, 2.45) is 0 Å². The van der Waals surface area contributed by atoms with Crippen molar-refractivity contribution in [1.82, 2.24) is 25.4 Å². The van der Waals surface area contributed by atoms with Gasteiger partial charge in [0.1, 0.15) is 17.6 Å². The van der Waals surface area contributed by atoms with Crippen molar-refractivity contribution in [2.75, 3.05) is 39.5 Å². The molecular weight excluding hydrogens is 452 g/mol. The quantitative estimate of drug-likeness (QED) is 0.508. The summed E-state index contributed by atoms with van der Waals surface area (Å²) in [6.07, 6.45) is 2.01. The predicted octanol–water partition coefficient (Wildman–Crippen LogP) is 0.257. The third-order valence-corrected chi connectivity index (χ3v) is 5.19. The van der Waals surface area contributed by atoms with Gasteiger partial charge in [0.2, 0.25) is 5.91 Å². The summed E-state index contributed by atoms with van der Waals surface area (Å²) in [6, 6.07) is 3.49. The molecular formula is C21H25ClN6O5. The molecule has 0 bridgehead atoms. The number of hydrogen-bond acceptors (Lipinski definition) is 7. The number of rotatable bonds is 6. The zero-order valence-corrected chi connectivity index (χ0v) is 19.2. The molecule has 0 aliphatic carbocycles. The van der Waals surface area contributed by atoms with Crippen LogP contribution < -0.4 is 16.0 Å². The van der Waals surface area contributed by atoms with Crippen molar-refractivity contribution in [3.63, 3.8) is 0 Å². The smallest absolute Gasteiger partial charge is 0.314 e. The van der Waals surface area contributed by atoms with Crippen LogP contribution in [0.3, 0.4) is 0 Å². The summed E-state index contributed by atoms with van der Waals surface area (Å²) in [6.45, 7) is 1.19. The fraction of sp³-hybridized carbons (Fsp3) is 0.381. The Hall–Kier alpha value is -3.44. The van der Waals surface area contributed by atoms with E-state index in [1.807, 2.05) is 7.05 Å². The van der Waals surface area contributed by atoms with Gasteiger partial charge in [-0.15, -0.1) is 0 Å². The van der Waals surface area contributed by atoms with Gasteiger partial charge in [-0.25, -0.2) is 4.98 Å². The van der Waals surface area contributed by atoms with E-state index in [4.69, 9.17) is 16.0 Å². The van der Waals surface area contributed by atoms with Crippen molar-refractivity contribution in [3.05, 3.63) is 46.5 Å². The number of fused-ring (bicyclic) bond motifs is 1. The van der Waals surface area contributed by atoms with Gasteiger partial charge in [0, 0.05) is 51.9 Å². The largest absolute Gasteiger partial charge is 0.456 e. The number of furan rings is 1. The van der Waals surface area contributed by atoms with Crippen molar-refractivity contribution in [1.29, 1.82) is 0 Å². The Kier molecular flexibility index (Phi) is 7.67. The number of carbonyl (C=O) groups excluding carboxylic acids is 4. The van der Waals surface area contributed by atoms with Crippen molar-refractivity contribution >= 4 is 41.0 Å². The van der Waals surface area contributed by atoms with Gasteiger partial charge in [0.15, 0.2) is 5.76 Å². The Morgan fingerprint density at radius 2 is 2.00 bits per heavy atom. The lowest BCUT2D eigenvalue weighted by molar-refractivity contribution is -0.136. The van der Waals surface area contributed by atoms with Crippen LogP contribution in [0.1, 0.15) is 21.9 Å². The molecule has 0 saturated heterocycles. The van der Waals surface area contributed by atoms with Gasteiger partial charge in [-0.1, -0.05) is 11.6 Å². The van der Waals surface area contributed by atoms with E-state index >= 15 is 0 Å². The Labute approximate surface area is 195 Å². The molecule has 1 atom stereocenters. The summed E-state index contributed by atoms with van der Waals surface area (Å²) in [4.78, 5) is 56.8. The fourth-order valence-electron chi connectivity index (χ4n) is 3.23. The van der Waals surface area contributed by atoms with Crippen LogP contribution in [0, 0.1) is 0 Å². The lowest BCUT2D eigenvalue weighted by Crippen LogP contribution is -2.53. The van der Waals surface area contributed by atoms with E-state index in [2.05, 4.69) is 25.8 Å². The summed E-state index contributed by atoms with van der Waals surface area (Å²) in [5.74, 6) is -2.04. The number of aromatic nitrogens is 1. The number of nitrogens with zero attached hydrogens (tertiary/aromatic N) is 3. The second-order valence-corrected chi connectivity index (χ2v) is 8.27. The molecule has 1 aliphatic heterocycles. The zero-order chi connectivity index (χ0) is 24.1. The normalized spacial score (nSPS) is 14.1. The standard InChI is InChI=1S/C21H25ClN6O5/c1-27(2)21(32)14(10-24-19(30)20(31)26-17-5-4-13(22)9-23-17)25-18(29)16-8-12-11-28(3)7-6-15(12)33-16/h4-5,8-9,14H,6-7,10-11H2,1-3H3,(H,24,30)(H,25,29)(H,23,26,31).